The van der Waals surface area contributed by atoms with E-state index in [0.717, 1.165) is 35.4 Å². The van der Waals surface area contributed by atoms with Gasteiger partial charge in [0.25, 0.3) is 0 Å². The largest absolute Gasteiger partial charge is 0.353 e. The van der Waals surface area contributed by atoms with Gasteiger partial charge in [0, 0.05) is 24.0 Å². The van der Waals surface area contributed by atoms with Crippen LogP contribution in [-0.2, 0) is 24.2 Å². The number of nitrogens with one attached hydrogen (secondary N) is 1. The van der Waals surface area contributed by atoms with Crippen LogP contribution in [0, 0.1) is 0 Å². The van der Waals surface area contributed by atoms with Crippen LogP contribution in [0.1, 0.15) is 41.1 Å². The molecule has 4 aromatic rings. The van der Waals surface area contributed by atoms with Gasteiger partial charge in [-0.3, -0.25) is 14.5 Å². The van der Waals surface area contributed by atoms with E-state index in [0.29, 0.717) is 13.1 Å². The summed E-state index contributed by atoms with van der Waals surface area (Å²) < 4.78 is 2.08. The van der Waals surface area contributed by atoms with E-state index in [4.69, 9.17) is 5.10 Å². The minimum atomic E-state index is -0.331. The maximum atomic E-state index is 13.3. The third kappa shape index (κ3) is 4.58. The Labute approximate surface area is 194 Å². The molecule has 5 heteroatoms. The highest BCUT2D eigenvalue weighted by atomic mass is 16.1. The van der Waals surface area contributed by atoms with Crippen LogP contribution < -0.4 is 5.32 Å². The van der Waals surface area contributed by atoms with Gasteiger partial charge in [0.1, 0.15) is 5.69 Å². The molecule has 0 fully saturated rings. The number of amides is 1. The van der Waals surface area contributed by atoms with Crippen LogP contribution in [0.15, 0.2) is 85.1 Å². The summed E-state index contributed by atoms with van der Waals surface area (Å²) in [6.07, 6.45) is 6.25. The van der Waals surface area contributed by atoms with Gasteiger partial charge < -0.3 is 5.32 Å². The zero-order chi connectivity index (χ0) is 22.5. The van der Waals surface area contributed by atoms with Gasteiger partial charge in [-0.15, -0.1) is 0 Å². The summed E-state index contributed by atoms with van der Waals surface area (Å²) in [4.78, 5) is 17.8. The molecule has 0 bridgehead atoms. The van der Waals surface area contributed by atoms with Crippen molar-refractivity contribution >= 4 is 5.91 Å². The quantitative estimate of drug-likeness (QED) is 0.454. The molecule has 5 rings (SSSR count). The minimum absolute atomic E-state index is 0.0124. The summed E-state index contributed by atoms with van der Waals surface area (Å²) >= 11 is 0. The number of pyridine rings is 1. The second kappa shape index (κ2) is 9.82. The van der Waals surface area contributed by atoms with Crippen molar-refractivity contribution in [3.05, 3.63) is 107 Å². The van der Waals surface area contributed by atoms with Crippen molar-refractivity contribution in [3.63, 3.8) is 0 Å². The van der Waals surface area contributed by atoms with E-state index in [2.05, 4.69) is 15.0 Å². The number of aromatic nitrogens is 3. The smallest absolute Gasteiger partial charge is 0.232 e. The number of rotatable bonds is 7. The molecule has 33 heavy (non-hydrogen) atoms. The topological polar surface area (TPSA) is 59.8 Å². The van der Waals surface area contributed by atoms with Gasteiger partial charge in [0.2, 0.25) is 5.91 Å². The highest BCUT2D eigenvalue weighted by Gasteiger charge is 2.24. The molecule has 2 aromatic heterocycles. The lowest BCUT2D eigenvalue weighted by Crippen LogP contribution is -2.33. The zero-order valence-electron chi connectivity index (χ0n) is 18.7. The predicted octanol–water partition coefficient (Wildman–Crippen LogP) is 4.77. The van der Waals surface area contributed by atoms with Crippen molar-refractivity contribution in [3.8, 4) is 11.4 Å². The van der Waals surface area contributed by atoms with Crippen molar-refractivity contribution in [1.29, 1.82) is 0 Å². The fourth-order valence-corrected chi connectivity index (χ4v) is 4.74. The summed E-state index contributed by atoms with van der Waals surface area (Å²) in [6.45, 7) is 1.18. The fraction of sp³-hybridized carbons (Fsp3) is 0.250. The highest BCUT2D eigenvalue weighted by molar-refractivity contribution is 5.87. The Morgan fingerprint density at radius 1 is 0.879 bits per heavy atom. The van der Waals surface area contributed by atoms with Crippen LogP contribution in [0.4, 0.5) is 0 Å². The van der Waals surface area contributed by atoms with Gasteiger partial charge >= 0.3 is 0 Å². The van der Waals surface area contributed by atoms with Crippen molar-refractivity contribution in [2.75, 3.05) is 6.54 Å². The number of benzene rings is 2. The van der Waals surface area contributed by atoms with Crippen LogP contribution in [0.25, 0.3) is 11.4 Å². The number of hydrogen-bond acceptors (Lipinski definition) is 3. The first-order chi connectivity index (χ1) is 16.3. The minimum Gasteiger partial charge on any atom is -0.353 e. The predicted molar refractivity (Wildman–Crippen MR) is 130 cm³/mol. The molecule has 0 spiro atoms. The normalized spacial score (nSPS) is 13.0. The molecule has 2 heterocycles. The van der Waals surface area contributed by atoms with Gasteiger partial charge in [-0.25, -0.2) is 0 Å². The van der Waals surface area contributed by atoms with E-state index in [9.17, 15) is 4.79 Å². The van der Waals surface area contributed by atoms with Crippen LogP contribution >= 0.6 is 0 Å². The average molecular weight is 437 g/mol. The van der Waals surface area contributed by atoms with Crippen molar-refractivity contribution in [1.82, 2.24) is 20.1 Å². The molecular weight excluding hydrogens is 408 g/mol. The van der Waals surface area contributed by atoms with E-state index in [-0.39, 0.29) is 11.8 Å². The molecule has 166 valence electrons. The molecule has 1 N–H and O–H groups in total. The monoisotopic (exact) mass is 436 g/mol. The van der Waals surface area contributed by atoms with E-state index < -0.39 is 0 Å². The first-order valence-electron chi connectivity index (χ1n) is 11.7. The number of fused-ring (bicyclic) bond motifs is 1. The molecule has 0 atom stereocenters. The van der Waals surface area contributed by atoms with Crippen molar-refractivity contribution in [2.45, 2.75) is 38.1 Å². The molecule has 1 aliphatic rings. The molecule has 5 nitrogen and oxygen atoms in total. The van der Waals surface area contributed by atoms with E-state index in [1.54, 1.807) is 0 Å². The summed E-state index contributed by atoms with van der Waals surface area (Å²) in [5.41, 5.74) is 6.51. The van der Waals surface area contributed by atoms with Gasteiger partial charge in [-0.05, 0) is 48.9 Å². The first kappa shape index (κ1) is 21.1. The van der Waals surface area contributed by atoms with Gasteiger partial charge in [0.05, 0.1) is 18.2 Å². The van der Waals surface area contributed by atoms with Crippen LogP contribution in [0.3, 0.4) is 0 Å². The average Bonchev–Trinajstić information content (AvgIpc) is 3.25. The SMILES string of the molecule is O=C(NCCn1nc(-c2ccccn2)c2c1CCCC2)C(c1ccccc1)c1ccccc1. The second-order valence-corrected chi connectivity index (χ2v) is 8.46. The molecular formula is C28H28N4O. The maximum absolute atomic E-state index is 13.3. The van der Waals surface area contributed by atoms with Gasteiger partial charge in [-0.2, -0.15) is 5.10 Å². The molecule has 0 unspecified atom stereocenters. The standard InChI is InChI=1S/C28H28N4O/c33-28(26(21-11-3-1-4-12-21)22-13-5-2-6-14-22)30-19-20-32-25-17-8-7-15-23(25)27(31-32)24-16-9-10-18-29-24/h1-6,9-14,16,18,26H,7-8,15,17,19-20H2,(H,30,33). The third-order valence-electron chi connectivity index (χ3n) is 6.32. The molecule has 2 aromatic carbocycles. The maximum Gasteiger partial charge on any atom is 0.232 e. The van der Waals surface area contributed by atoms with E-state index in [1.165, 1.54) is 24.1 Å². The Kier molecular flexibility index (Phi) is 6.29. The lowest BCUT2D eigenvalue weighted by molar-refractivity contribution is -0.121. The summed E-state index contributed by atoms with van der Waals surface area (Å²) in [6, 6.07) is 25.9. The summed E-state index contributed by atoms with van der Waals surface area (Å²) in [5.74, 6) is -0.318. The first-order valence-corrected chi connectivity index (χ1v) is 11.7. The van der Waals surface area contributed by atoms with Crippen molar-refractivity contribution < 1.29 is 4.79 Å². The van der Waals surface area contributed by atoms with E-state index >= 15 is 0 Å². The lowest BCUT2D eigenvalue weighted by atomic mass is 9.90. The molecule has 0 radical (unpaired) electrons. The fourth-order valence-electron chi connectivity index (χ4n) is 4.74. The Morgan fingerprint density at radius 3 is 2.21 bits per heavy atom. The van der Waals surface area contributed by atoms with Crippen LogP contribution in [0.5, 0.6) is 0 Å². The Bertz CT molecular complexity index is 1160. The lowest BCUT2D eigenvalue weighted by Gasteiger charge is -2.18. The number of hydrogen-bond donors (Lipinski definition) is 1. The van der Waals surface area contributed by atoms with E-state index in [1.807, 2.05) is 85.1 Å². The molecule has 0 saturated heterocycles. The molecule has 0 aliphatic heterocycles. The second-order valence-electron chi connectivity index (χ2n) is 8.46. The Balaban J connectivity index is 1.34. The Morgan fingerprint density at radius 2 is 1.55 bits per heavy atom. The Hall–Kier alpha value is -3.73. The van der Waals surface area contributed by atoms with Gasteiger partial charge in [-0.1, -0.05) is 66.7 Å². The van der Waals surface area contributed by atoms with Crippen LogP contribution in [0.2, 0.25) is 0 Å². The highest BCUT2D eigenvalue weighted by Crippen LogP contribution is 2.30. The molecule has 0 saturated carbocycles. The number of nitrogens with zero attached hydrogens (tertiary/aromatic N) is 3. The molecule has 1 amide bonds. The summed E-state index contributed by atoms with van der Waals surface area (Å²) in [5, 5.41) is 8.09. The number of carbonyl (C=O) groups is 1. The third-order valence-corrected chi connectivity index (χ3v) is 6.32. The number of carbonyl (C=O) groups excluding carboxylic acids is 1. The summed E-state index contributed by atoms with van der Waals surface area (Å²) in [7, 11) is 0. The van der Waals surface area contributed by atoms with Crippen molar-refractivity contribution in [2.24, 2.45) is 0 Å². The van der Waals surface area contributed by atoms with Crippen LogP contribution in [-0.4, -0.2) is 27.2 Å². The molecule has 1 aliphatic carbocycles. The van der Waals surface area contributed by atoms with Gasteiger partial charge in [0.15, 0.2) is 0 Å². The zero-order valence-corrected chi connectivity index (χ0v) is 18.7.